The van der Waals surface area contributed by atoms with Gasteiger partial charge in [0.15, 0.2) is 6.54 Å². The predicted octanol–water partition coefficient (Wildman–Crippen LogP) is 0.878. The number of hydrogen-bond donors (Lipinski definition) is 2. The molecular formula is C16H24N3O+. The first kappa shape index (κ1) is 16.2. The molecule has 1 unspecified atom stereocenters. The highest BCUT2D eigenvalue weighted by Crippen LogP contribution is 2.02. The molecule has 0 aliphatic rings. The van der Waals surface area contributed by atoms with Crippen LogP contribution in [-0.2, 0) is 11.3 Å². The smallest absolute Gasteiger partial charge is 0.275 e. The Morgan fingerprint density at radius 2 is 2.10 bits per heavy atom. The van der Waals surface area contributed by atoms with Crippen molar-refractivity contribution in [2.75, 3.05) is 13.1 Å². The first-order valence-corrected chi connectivity index (χ1v) is 6.97. The molecule has 0 aromatic heterocycles. The van der Waals surface area contributed by atoms with Gasteiger partial charge in [-0.25, -0.2) is 0 Å². The highest BCUT2D eigenvalue weighted by molar-refractivity contribution is 5.77. The molecule has 1 atom stereocenters. The van der Waals surface area contributed by atoms with Crippen LogP contribution in [0.15, 0.2) is 24.3 Å². The first-order chi connectivity index (χ1) is 9.34. The summed E-state index contributed by atoms with van der Waals surface area (Å²) in [7, 11) is 0. The van der Waals surface area contributed by atoms with E-state index in [9.17, 15) is 4.79 Å². The van der Waals surface area contributed by atoms with Crippen LogP contribution in [0, 0.1) is 11.3 Å². The van der Waals surface area contributed by atoms with Crippen molar-refractivity contribution < 1.29 is 9.69 Å². The van der Waals surface area contributed by atoms with Crippen molar-refractivity contribution in [2.45, 2.75) is 39.8 Å². The van der Waals surface area contributed by atoms with E-state index in [1.165, 1.54) is 4.90 Å². The Bertz CT molecular complexity index is 497. The summed E-state index contributed by atoms with van der Waals surface area (Å²) < 4.78 is 0. The lowest BCUT2D eigenvalue weighted by Gasteiger charge is -2.23. The van der Waals surface area contributed by atoms with E-state index in [0.717, 1.165) is 18.7 Å². The fourth-order valence-corrected chi connectivity index (χ4v) is 2.04. The summed E-state index contributed by atoms with van der Waals surface area (Å²) in [6, 6.07) is 9.70. The van der Waals surface area contributed by atoms with Crippen LogP contribution in [0.4, 0.5) is 0 Å². The third-order valence-corrected chi connectivity index (χ3v) is 2.94. The van der Waals surface area contributed by atoms with Gasteiger partial charge in [0.25, 0.3) is 5.91 Å². The molecule has 1 rings (SSSR count). The van der Waals surface area contributed by atoms with Gasteiger partial charge in [-0.05, 0) is 39.8 Å². The maximum absolute atomic E-state index is 12.0. The number of carbonyl (C=O) groups is 1. The highest BCUT2D eigenvalue weighted by Gasteiger charge is 2.18. The maximum atomic E-state index is 12.0. The van der Waals surface area contributed by atoms with Crippen molar-refractivity contribution in [1.82, 2.24) is 5.32 Å². The molecule has 0 bridgehead atoms. The SMILES string of the molecule is CC[NH+](CC(=O)NC(C)(C)C)Cc1cccc(C#N)c1. The number of nitriles is 1. The number of carbonyl (C=O) groups excluding carboxylic acids is 1. The molecule has 2 N–H and O–H groups in total. The normalized spacial score (nSPS) is 12.6. The summed E-state index contributed by atoms with van der Waals surface area (Å²) in [6.45, 7) is 10.1. The van der Waals surface area contributed by atoms with E-state index in [1.54, 1.807) is 6.07 Å². The van der Waals surface area contributed by atoms with E-state index >= 15 is 0 Å². The van der Waals surface area contributed by atoms with Crippen LogP contribution in [0.1, 0.15) is 38.8 Å². The molecule has 0 saturated heterocycles. The molecule has 0 aliphatic carbocycles. The van der Waals surface area contributed by atoms with Crippen LogP contribution >= 0.6 is 0 Å². The predicted molar refractivity (Wildman–Crippen MR) is 79.1 cm³/mol. The minimum Gasteiger partial charge on any atom is -0.347 e. The molecule has 4 nitrogen and oxygen atoms in total. The first-order valence-electron chi connectivity index (χ1n) is 6.97. The average Bonchev–Trinajstić information content (AvgIpc) is 2.36. The molecule has 108 valence electrons. The average molecular weight is 274 g/mol. The molecule has 0 spiro atoms. The number of likely N-dealkylation sites (N-methyl/N-ethyl adjacent to an activating group) is 1. The Morgan fingerprint density at radius 3 is 2.65 bits per heavy atom. The lowest BCUT2D eigenvalue weighted by molar-refractivity contribution is -0.904. The molecule has 0 fully saturated rings. The highest BCUT2D eigenvalue weighted by atomic mass is 16.2. The van der Waals surface area contributed by atoms with Crippen LogP contribution in [0.3, 0.4) is 0 Å². The standard InChI is InChI=1S/C16H23N3O/c1-5-19(12-15(20)18-16(2,3)4)11-14-8-6-7-13(9-14)10-17/h6-9H,5,11-12H2,1-4H3,(H,18,20)/p+1. The number of nitrogens with one attached hydrogen (secondary N) is 2. The summed E-state index contributed by atoms with van der Waals surface area (Å²) in [5.41, 5.74) is 1.55. The van der Waals surface area contributed by atoms with E-state index in [-0.39, 0.29) is 11.4 Å². The summed E-state index contributed by atoms with van der Waals surface area (Å²) >= 11 is 0. The molecule has 1 amide bonds. The van der Waals surface area contributed by atoms with Crippen molar-refractivity contribution in [3.8, 4) is 6.07 Å². The van der Waals surface area contributed by atoms with Crippen LogP contribution in [0.5, 0.6) is 0 Å². The fraction of sp³-hybridized carbons (Fsp3) is 0.500. The van der Waals surface area contributed by atoms with Crippen molar-refractivity contribution >= 4 is 5.91 Å². The Kier molecular flexibility index (Phi) is 5.72. The van der Waals surface area contributed by atoms with Crippen molar-refractivity contribution in [1.29, 1.82) is 5.26 Å². The Balaban J connectivity index is 2.63. The van der Waals surface area contributed by atoms with Gasteiger partial charge in [0.1, 0.15) is 6.54 Å². The van der Waals surface area contributed by atoms with Gasteiger partial charge < -0.3 is 10.2 Å². The van der Waals surface area contributed by atoms with Crippen LogP contribution < -0.4 is 10.2 Å². The van der Waals surface area contributed by atoms with Crippen molar-refractivity contribution in [3.05, 3.63) is 35.4 Å². The minimum atomic E-state index is -0.198. The van der Waals surface area contributed by atoms with Gasteiger partial charge in [-0.3, -0.25) is 4.79 Å². The second-order valence-corrected chi connectivity index (χ2v) is 6.07. The zero-order chi connectivity index (χ0) is 15.2. The van der Waals surface area contributed by atoms with Crippen LogP contribution in [-0.4, -0.2) is 24.5 Å². The summed E-state index contributed by atoms with van der Waals surface area (Å²) in [5, 5.41) is 11.9. The van der Waals surface area contributed by atoms with Crippen LogP contribution in [0.25, 0.3) is 0 Å². The summed E-state index contributed by atoms with van der Waals surface area (Å²) in [6.07, 6.45) is 0. The largest absolute Gasteiger partial charge is 0.347 e. The number of quaternary nitrogens is 1. The Morgan fingerprint density at radius 1 is 1.40 bits per heavy atom. The third-order valence-electron chi connectivity index (χ3n) is 2.94. The lowest BCUT2D eigenvalue weighted by atomic mass is 10.1. The number of amides is 1. The molecule has 1 aromatic rings. The zero-order valence-corrected chi connectivity index (χ0v) is 12.8. The van der Waals surface area contributed by atoms with E-state index in [0.29, 0.717) is 12.1 Å². The summed E-state index contributed by atoms with van der Waals surface area (Å²) in [4.78, 5) is 13.1. The third kappa shape index (κ3) is 5.85. The van der Waals surface area contributed by atoms with Gasteiger partial charge >= 0.3 is 0 Å². The molecule has 0 saturated carbocycles. The molecule has 0 heterocycles. The molecule has 0 radical (unpaired) electrons. The molecular weight excluding hydrogens is 250 g/mol. The second kappa shape index (κ2) is 7.06. The second-order valence-electron chi connectivity index (χ2n) is 6.07. The quantitative estimate of drug-likeness (QED) is 0.837. The van der Waals surface area contributed by atoms with Crippen molar-refractivity contribution in [3.63, 3.8) is 0 Å². The van der Waals surface area contributed by atoms with Crippen molar-refractivity contribution in [2.24, 2.45) is 0 Å². The van der Waals surface area contributed by atoms with Gasteiger partial charge in [-0.1, -0.05) is 12.1 Å². The van der Waals surface area contributed by atoms with Crippen LogP contribution in [0.2, 0.25) is 0 Å². The zero-order valence-electron chi connectivity index (χ0n) is 12.8. The van der Waals surface area contributed by atoms with E-state index in [2.05, 4.69) is 18.3 Å². The lowest BCUT2D eigenvalue weighted by Crippen LogP contribution is -3.11. The van der Waals surface area contributed by atoms with E-state index < -0.39 is 0 Å². The maximum Gasteiger partial charge on any atom is 0.275 e. The minimum absolute atomic E-state index is 0.0609. The molecule has 20 heavy (non-hydrogen) atoms. The van der Waals surface area contributed by atoms with E-state index in [4.69, 9.17) is 5.26 Å². The van der Waals surface area contributed by atoms with Gasteiger partial charge in [0, 0.05) is 11.1 Å². The number of hydrogen-bond acceptors (Lipinski definition) is 2. The Labute approximate surface area is 121 Å². The number of rotatable bonds is 5. The fourth-order valence-electron chi connectivity index (χ4n) is 2.04. The monoisotopic (exact) mass is 274 g/mol. The van der Waals surface area contributed by atoms with Gasteiger partial charge in [-0.2, -0.15) is 5.26 Å². The molecule has 0 aliphatic heterocycles. The molecule has 1 aromatic carbocycles. The summed E-state index contributed by atoms with van der Waals surface area (Å²) in [5.74, 6) is 0.0609. The Hall–Kier alpha value is -1.86. The van der Waals surface area contributed by atoms with Gasteiger partial charge in [0.05, 0.1) is 18.2 Å². The number of benzene rings is 1. The van der Waals surface area contributed by atoms with Gasteiger partial charge in [-0.15, -0.1) is 0 Å². The number of nitrogens with zero attached hydrogens (tertiary/aromatic N) is 1. The topological polar surface area (TPSA) is 57.3 Å². The molecule has 4 heteroatoms. The van der Waals surface area contributed by atoms with Gasteiger partial charge in [0.2, 0.25) is 0 Å². The van der Waals surface area contributed by atoms with E-state index in [1.807, 2.05) is 39.0 Å².